The molecule has 0 saturated heterocycles. The van der Waals surface area contributed by atoms with Crippen LogP contribution < -0.4 is 0 Å². The predicted molar refractivity (Wildman–Crippen MR) is 275 cm³/mol. The summed E-state index contributed by atoms with van der Waals surface area (Å²) < 4.78 is 16.7. The first-order valence-corrected chi connectivity index (χ1v) is 28.3. The molecule has 0 amide bonds. The number of hydrogen-bond donors (Lipinski definition) is 0. The first-order valence-electron chi connectivity index (χ1n) is 28.3. The molecule has 0 aliphatic carbocycles. The van der Waals surface area contributed by atoms with Crippen molar-refractivity contribution in [3.63, 3.8) is 0 Å². The molecule has 0 rings (SSSR count). The molecule has 1 unspecified atom stereocenters. The summed E-state index contributed by atoms with van der Waals surface area (Å²) in [6, 6.07) is 0. The Labute approximate surface area is 398 Å². The van der Waals surface area contributed by atoms with E-state index in [1.807, 2.05) is 0 Å². The van der Waals surface area contributed by atoms with Crippen molar-refractivity contribution in [3.05, 3.63) is 24.3 Å². The number of esters is 3. The van der Waals surface area contributed by atoms with Gasteiger partial charge < -0.3 is 14.2 Å². The second-order valence-electron chi connectivity index (χ2n) is 19.2. The van der Waals surface area contributed by atoms with Crippen molar-refractivity contribution < 1.29 is 28.6 Å². The Balaban J connectivity index is 3.94. The molecule has 376 valence electrons. The molecule has 0 bridgehead atoms. The van der Waals surface area contributed by atoms with Gasteiger partial charge in [0.25, 0.3) is 0 Å². The summed E-state index contributed by atoms with van der Waals surface area (Å²) in [6.45, 7) is 6.56. The van der Waals surface area contributed by atoms with E-state index < -0.39 is 6.10 Å². The van der Waals surface area contributed by atoms with Gasteiger partial charge in [-0.25, -0.2) is 0 Å². The lowest BCUT2D eigenvalue weighted by molar-refractivity contribution is -0.167. The summed E-state index contributed by atoms with van der Waals surface area (Å²) in [7, 11) is 0. The maximum Gasteiger partial charge on any atom is 0.306 e. The van der Waals surface area contributed by atoms with Crippen LogP contribution in [0, 0.1) is 0 Å². The third-order valence-corrected chi connectivity index (χ3v) is 12.7. The van der Waals surface area contributed by atoms with Crippen LogP contribution in [-0.4, -0.2) is 37.2 Å². The molecule has 0 spiro atoms. The lowest BCUT2D eigenvalue weighted by Gasteiger charge is -2.18. The quantitative estimate of drug-likeness (QED) is 0.0262. The number of carbonyl (C=O) groups is 3. The predicted octanol–water partition coefficient (Wildman–Crippen LogP) is 18.7. The standard InChI is InChI=1S/C58H108O6/c1-4-7-10-13-16-18-20-21-22-23-24-25-26-27-28-29-30-31-32-33-34-35-36-37-38-40-42-45-48-51-57(60)63-54-55(53-62-56(59)50-47-44-41-15-12-9-6-3)64-58(61)52-49-46-43-39-19-17-14-11-8-5-2/h11,14,23-24,55H,4-10,12-13,15-22,25-54H2,1-3H3/b14-11-,24-23-. The van der Waals surface area contributed by atoms with Crippen LogP contribution >= 0.6 is 0 Å². The van der Waals surface area contributed by atoms with E-state index in [4.69, 9.17) is 14.2 Å². The van der Waals surface area contributed by atoms with Crippen LogP contribution in [0.15, 0.2) is 24.3 Å². The Kier molecular flexibility index (Phi) is 51.7. The topological polar surface area (TPSA) is 78.9 Å². The summed E-state index contributed by atoms with van der Waals surface area (Å²) in [6.07, 6.45) is 62.2. The van der Waals surface area contributed by atoms with E-state index in [-0.39, 0.29) is 31.1 Å². The Morgan fingerprint density at radius 1 is 0.297 bits per heavy atom. The van der Waals surface area contributed by atoms with Gasteiger partial charge in [-0.3, -0.25) is 14.4 Å². The third kappa shape index (κ3) is 50.9. The van der Waals surface area contributed by atoms with Gasteiger partial charge >= 0.3 is 17.9 Å². The van der Waals surface area contributed by atoms with E-state index >= 15 is 0 Å². The average molecular weight is 901 g/mol. The monoisotopic (exact) mass is 901 g/mol. The summed E-state index contributed by atoms with van der Waals surface area (Å²) in [5, 5.41) is 0. The molecule has 0 aromatic rings. The summed E-state index contributed by atoms with van der Waals surface area (Å²) in [5.74, 6) is -0.876. The zero-order chi connectivity index (χ0) is 46.5. The van der Waals surface area contributed by atoms with Crippen molar-refractivity contribution >= 4 is 17.9 Å². The molecule has 0 aliphatic rings. The van der Waals surface area contributed by atoms with Gasteiger partial charge in [-0.15, -0.1) is 0 Å². The van der Waals surface area contributed by atoms with Gasteiger partial charge in [0, 0.05) is 19.3 Å². The maximum absolute atomic E-state index is 12.7. The van der Waals surface area contributed by atoms with Crippen LogP contribution in [0.5, 0.6) is 0 Å². The molecule has 0 aromatic carbocycles. The van der Waals surface area contributed by atoms with Crippen molar-refractivity contribution in [3.8, 4) is 0 Å². The summed E-state index contributed by atoms with van der Waals surface area (Å²) in [5.41, 5.74) is 0. The molecule has 6 nitrogen and oxygen atoms in total. The number of unbranched alkanes of at least 4 members (excludes halogenated alkanes) is 37. The molecule has 0 N–H and O–H groups in total. The van der Waals surface area contributed by atoms with Gasteiger partial charge in [0.15, 0.2) is 6.10 Å². The first-order chi connectivity index (χ1) is 31.5. The Morgan fingerprint density at radius 3 is 0.844 bits per heavy atom. The van der Waals surface area contributed by atoms with E-state index in [9.17, 15) is 14.4 Å². The van der Waals surface area contributed by atoms with Gasteiger partial charge in [0.1, 0.15) is 13.2 Å². The minimum atomic E-state index is -0.768. The van der Waals surface area contributed by atoms with Gasteiger partial charge in [-0.1, -0.05) is 251 Å². The molecule has 0 heterocycles. The highest BCUT2D eigenvalue weighted by molar-refractivity contribution is 5.71. The Hall–Kier alpha value is -2.11. The van der Waals surface area contributed by atoms with Crippen molar-refractivity contribution in [2.75, 3.05) is 13.2 Å². The number of hydrogen-bond acceptors (Lipinski definition) is 6. The van der Waals surface area contributed by atoms with Crippen LogP contribution in [0.2, 0.25) is 0 Å². The molecule has 0 saturated carbocycles. The zero-order valence-electron chi connectivity index (χ0n) is 43.1. The molecule has 0 aromatic heterocycles. The van der Waals surface area contributed by atoms with Crippen LogP contribution in [0.4, 0.5) is 0 Å². The van der Waals surface area contributed by atoms with Crippen LogP contribution in [-0.2, 0) is 28.6 Å². The van der Waals surface area contributed by atoms with Crippen molar-refractivity contribution in [1.29, 1.82) is 0 Å². The second kappa shape index (κ2) is 53.5. The van der Waals surface area contributed by atoms with E-state index in [0.717, 1.165) is 77.0 Å². The largest absolute Gasteiger partial charge is 0.462 e. The fourth-order valence-electron chi connectivity index (χ4n) is 8.38. The van der Waals surface area contributed by atoms with E-state index in [1.165, 1.54) is 193 Å². The molecular formula is C58H108O6. The fraction of sp³-hybridized carbons (Fsp3) is 0.879. The van der Waals surface area contributed by atoms with Crippen LogP contribution in [0.1, 0.15) is 310 Å². The number of ether oxygens (including phenoxy) is 3. The second-order valence-corrected chi connectivity index (χ2v) is 19.2. The molecule has 0 aliphatic heterocycles. The summed E-state index contributed by atoms with van der Waals surface area (Å²) >= 11 is 0. The van der Waals surface area contributed by atoms with Crippen molar-refractivity contribution in [1.82, 2.24) is 0 Å². The third-order valence-electron chi connectivity index (χ3n) is 12.7. The lowest BCUT2D eigenvalue weighted by Crippen LogP contribution is -2.30. The number of rotatable bonds is 52. The van der Waals surface area contributed by atoms with E-state index in [1.54, 1.807) is 0 Å². The maximum atomic E-state index is 12.7. The van der Waals surface area contributed by atoms with E-state index in [0.29, 0.717) is 19.3 Å². The van der Waals surface area contributed by atoms with Crippen molar-refractivity contribution in [2.24, 2.45) is 0 Å². The highest BCUT2D eigenvalue weighted by Gasteiger charge is 2.19. The van der Waals surface area contributed by atoms with Gasteiger partial charge in [0.05, 0.1) is 0 Å². The highest BCUT2D eigenvalue weighted by Crippen LogP contribution is 2.17. The first kappa shape index (κ1) is 61.9. The molecular weight excluding hydrogens is 793 g/mol. The van der Waals surface area contributed by atoms with Gasteiger partial charge in [0.2, 0.25) is 0 Å². The number of allylic oxidation sites excluding steroid dienone is 4. The molecule has 0 radical (unpaired) electrons. The average Bonchev–Trinajstić information content (AvgIpc) is 3.29. The highest BCUT2D eigenvalue weighted by atomic mass is 16.6. The van der Waals surface area contributed by atoms with Crippen LogP contribution in [0.3, 0.4) is 0 Å². The number of carbonyl (C=O) groups excluding carboxylic acids is 3. The minimum Gasteiger partial charge on any atom is -0.462 e. The molecule has 64 heavy (non-hydrogen) atoms. The molecule has 6 heteroatoms. The van der Waals surface area contributed by atoms with E-state index in [2.05, 4.69) is 45.1 Å². The smallest absolute Gasteiger partial charge is 0.306 e. The Bertz CT molecular complexity index is 1040. The Morgan fingerprint density at radius 2 is 0.547 bits per heavy atom. The SMILES string of the molecule is CCC/C=C\CCCCCCCC(=O)OC(COC(=O)CCCCCCCCC)COC(=O)CCCCCCCCCCCCCCCCCCC/C=C\CCCCCCCCCC. The minimum absolute atomic E-state index is 0.0709. The molecule has 0 fully saturated rings. The normalized spacial score (nSPS) is 12.1. The van der Waals surface area contributed by atoms with Crippen molar-refractivity contribution in [2.45, 2.75) is 316 Å². The fourth-order valence-corrected chi connectivity index (χ4v) is 8.38. The summed E-state index contributed by atoms with van der Waals surface area (Å²) in [4.78, 5) is 37.7. The van der Waals surface area contributed by atoms with Gasteiger partial charge in [-0.2, -0.15) is 0 Å². The zero-order valence-corrected chi connectivity index (χ0v) is 43.1. The van der Waals surface area contributed by atoms with Crippen LogP contribution in [0.25, 0.3) is 0 Å². The molecule has 1 atom stereocenters. The lowest BCUT2D eigenvalue weighted by atomic mass is 10.0. The van der Waals surface area contributed by atoms with Gasteiger partial charge in [-0.05, 0) is 64.2 Å².